The summed E-state index contributed by atoms with van der Waals surface area (Å²) in [5.41, 5.74) is 0.405. The maximum Gasteiger partial charge on any atom is 0.435 e. The van der Waals surface area contributed by atoms with Crippen LogP contribution in [0.25, 0.3) is 0 Å². The molecule has 0 unspecified atom stereocenters. The Hall–Kier alpha value is -2.32. The Balaban J connectivity index is 1.77. The average Bonchev–Trinajstić information content (AvgIpc) is 3.14. The van der Waals surface area contributed by atoms with Crippen LogP contribution in [-0.2, 0) is 6.18 Å². The largest absolute Gasteiger partial charge is 0.435 e. The number of piperidine rings is 1. The molecular weight excluding hydrogens is 325 g/mol. The molecular formula is C15H17F3N4O2. The number of carbonyl (C=O) groups is 1. The van der Waals surface area contributed by atoms with Crippen LogP contribution >= 0.6 is 0 Å². The second-order valence-electron chi connectivity index (χ2n) is 6.00. The van der Waals surface area contributed by atoms with Crippen LogP contribution in [0.1, 0.15) is 52.0 Å². The lowest BCUT2D eigenvalue weighted by molar-refractivity contribution is -0.141. The van der Waals surface area contributed by atoms with E-state index in [4.69, 9.17) is 4.52 Å². The first-order chi connectivity index (χ1) is 11.3. The maximum atomic E-state index is 12.7. The SMILES string of the molecule is Cc1noc(C)c1C(=O)N1CCC[C@@H](c2cc(C(F)(F)F)n[nH]2)C1. The number of hydrogen-bond donors (Lipinski definition) is 1. The quantitative estimate of drug-likeness (QED) is 0.910. The zero-order valence-corrected chi connectivity index (χ0v) is 13.3. The van der Waals surface area contributed by atoms with Crippen molar-refractivity contribution in [3.63, 3.8) is 0 Å². The highest BCUT2D eigenvalue weighted by Crippen LogP contribution is 2.32. The van der Waals surface area contributed by atoms with Crippen molar-refractivity contribution < 1.29 is 22.5 Å². The summed E-state index contributed by atoms with van der Waals surface area (Å²) in [4.78, 5) is 14.3. The molecule has 24 heavy (non-hydrogen) atoms. The third-order valence-corrected chi connectivity index (χ3v) is 4.28. The second-order valence-corrected chi connectivity index (χ2v) is 6.00. The summed E-state index contributed by atoms with van der Waals surface area (Å²) in [6.45, 7) is 4.25. The molecule has 9 heteroatoms. The lowest BCUT2D eigenvalue weighted by atomic mass is 9.94. The van der Waals surface area contributed by atoms with E-state index in [0.717, 1.165) is 6.07 Å². The number of aromatic amines is 1. The number of halogens is 3. The van der Waals surface area contributed by atoms with Crippen molar-refractivity contribution in [1.29, 1.82) is 0 Å². The number of hydrogen-bond acceptors (Lipinski definition) is 4. The number of carbonyl (C=O) groups excluding carboxylic acids is 1. The normalized spacial score (nSPS) is 18.9. The van der Waals surface area contributed by atoms with Crippen molar-refractivity contribution in [2.75, 3.05) is 13.1 Å². The Labute approximate surface area is 136 Å². The van der Waals surface area contributed by atoms with Crippen molar-refractivity contribution in [3.05, 3.63) is 34.5 Å². The van der Waals surface area contributed by atoms with E-state index in [-0.39, 0.29) is 11.8 Å². The molecule has 2 aromatic rings. The first-order valence-electron chi connectivity index (χ1n) is 7.62. The summed E-state index contributed by atoms with van der Waals surface area (Å²) in [7, 11) is 0. The van der Waals surface area contributed by atoms with Gasteiger partial charge in [-0.2, -0.15) is 18.3 Å². The molecule has 1 fully saturated rings. The van der Waals surface area contributed by atoms with Crippen molar-refractivity contribution in [2.45, 2.75) is 38.8 Å². The predicted molar refractivity (Wildman–Crippen MR) is 77.4 cm³/mol. The van der Waals surface area contributed by atoms with Crippen LogP contribution in [0.3, 0.4) is 0 Å². The number of amides is 1. The Morgan fingerprint density at radius 3 is 2.75 bits per heavy atom. The van der Waals surface area contributed by atoms with E-state index >= 15 is 0 Å². The van der Waals surface area contributed by atoms with E-state index < -0.39 is 11.9 Å². The molecule has 0 saturated carbocycles. The van der Waals surface area contributed by atoms with Crippen LogP contribution < -0.4 is 0 Å². The van der Waals surface area contributed by atoms with E-state index in [9.17, 15) is 18.0 Å². The highest BCUT2D eigenvalue weighted by Gasteiger charge is 2.36. The maximum absolute atomic E-state index is 12.7. The third-order valence-electron chi connectivity index (χ3n) is 4.28. The average molecular weight is 342 g/mol. The zero-order valence-electron chi connectivity index (χ0n) is 13.3. The lowest BCUT2D eigenvalue weighted by Crippen LogP contribution is -2.39. The fourth-order valence-electron chi connectivity index (χ4n) is 3.05. The van der Waals surface area contributed by atoms with Gasteiger partial charge in [0.2, 0.25) is 0 Å². The van der Waals surface area contributed by atoms with Gasteiger partial charge in [-0.3, -0.25) is 9.89 Å². The van der Waals surface area contributed by atoms with Crippen molar-refractivity contribution in [2.24, 2.45) is 0 Å². The van der Waals surface area contributed by atoms with Gasteiger partial charge in [0.25, 0.3) is 5.91 Å². The Kier molecular flexibility index (Phi) is 4.10. The van der Waals surface area contributed by atoms with Gasteiger partial charge < -0.3 is 9.42 Å². The first-order valence-corrected chi connectivity index (χ1v) is 7.62. The molecule has 0 aromatic carbocycles. The third kappa shape index (κ3) is 3.02. The topological polar surface area (TPSA) is 75.0 Å². The summed E-state index contributed by atoms with van der Waals surface area (Å²) in [5.74, 6) is 0.0406. The number of likely N-dealkylation sites (tertiary alicyclic amines) is 1. The van der Waals surface area contributed by atoms with Crippen LogP contribution in [0.5, 0.6) is 0 Å². The Bertz CT molecular complexity index is 731. The minimum Gasteiger partial charge on any atom is -0.361 e. The van der Waals surface area contributed by atoms with E-state index in [1.54, 1.807) is 18.7 Å². The fourth-order valence-corrected chi connectivity index (χ4v) is 3.05. The van der Waals surface area contributed by atoms with Gasteiger partial charge in [0.05, 0.1) is 5.69 Å². The number of rotatable bonds is 2. The number of nitrogens with zero attached hydrogens (tertiary/aromatic N) is 3. The molecule has 3 heterocycles. The highest BCUT2D eigenvalue weighted by atomic mass is 19.4. The molecule has 6 nitrogen and oxygen atoms in total. The first kappa shape index (κ1) is 16.5. The molecule has 2 aromatic heterocycles. The summed E-state index contributed by atoms with van der Waals surface area (Å²) in [6.07, 6.45) is -3.07. The molecule has 1 aliphatic rings. The zero-order chi connectivity index (χ0) is 17.5. The molecule has 0 aliphatic carbocycles. The Morgan fingerprint density at radius 1 is 1.42 bits per heavy atom. The monoisotopic (exact) mass is 342 g/mol. The highest BCUT2D eigenvalue weighted by molar-refractivity contribution is 5.96. The molecule has 3 rings (SSSR count). The van der Waals surface area contributed by atoms with Crippen LogP contribution in [0, 0.1) is 13.8 Å². The van der Waals surface area contributed by atoms with Crippen molar-refractivity contribution in [1.82, 2.24) is 20.3 Å². The van der Waals surface area contributed by atoms with Crippen molar-refractivity contribution in [3.8, 4) is 0 Å². The number of aryl methyl sites for hydroxylation is 2. The standard InChI is InChI=1S/C15H17F3N4O2/c1-8-13(9(2)24-21-8)14(23)22-5-3-4-10(7-22)11-6-12(20-19-11)15(16,17)18/h6,10H,3-5,7H2,1-2H3,(H,19,20)/t10-/m1/s1. The summed E-state index contributed by atoms with van der Waals surface area (Å²) < 4.78 is 43.1. The van der Waals surface area contributed by atoms with Gasteiger partial charge in [0.1, 0.15) is 11.3 Å². The van der Waals surface area contributed by atoms with E-state index in [2.05, 4.69) is 15.4 Å². The molecule has 0 radical (unpaired) electrons. The summed E-state index contributed by atoms with van der Waals surface area (Å²) >= 11 is 0. The number of nitrogens with one attached hydrogen (secondary N) is 1. The van der Waals surface area contributed by atoms with Crippen LogP contribution in [-0.4, -0.2) is 39.3 Å². The molecule has 130 valence electrons. The molecule has 1 saturated heterocycles. The Morgan fingerprint density at radius 2 is 2.17 bits per heavy atom. The van der Waals surface area contributed by atoms with Gasteiger partial charge in [0.15, 0.2) is 5.69 Å². The molecule has 1 amide bonds. The number of aromatic nitrogens is 3. The van der Waals surface area contributed by atoms with Crippen LogP contribution in [0.2, 0.25) is 0 Å². The lowest BCUT2D eigenvalue weighted by Gasteiger charge is -2.32. The van der Waals surface area contributed by atoms with Gasteiger partial charge in [0, 0.05) is 24.7 Å². The van der Waals surface area contributed by atoms with E-state index in [0.29, 0.717) is 48.6 Å². The molecule has 1 atom stereocenters. The predicted octanol–water partition coefficient (Wildman–Crippen LogP) is 3.05. The summed E-state index contributed by atoms with van der Waals surface area (Å²) in [6, 6.07) is 1.02. The fraction of sp³-hybridized carbons (Fsp3) is 0.533. The molecule has 0 bridgehead atoms. The summed E-state index contributed by atoms with van der Waals surface area (Å²) in [5, 5.41) is 9.57. The van der Waals surface area contributed by atoms with Crippen LogP contribution in [0.15, 0.2) is 10.6 Å². The minimum atomic E-state index is -4.48. The second kappa shape index (κ2) is 5.95. The van der Waals surface area contributed by atoms with E-state index in [1.165, 1.54) is 0 Å². The van der Waals surface area contributed by atoms with Gasteiger partial charge in [-0.05, 0) is 32.8 Å². The van der Waals surface area contributed by atoms with Crippen LogP contribution in [0.4, 0.5) is 13.2 Å². The minimum absolute atomic E-state index is 0.202. The smallest absolute Gasteiger partial charge is 0.361 e. The number of H-pyrrole nitrogens is 1. The molecule has 1 N–H and O–H groups in total. The molecule has 0 spiro atoms. The number of alkyl halides is 3. The van der Waals surface area contributed by atoms with Gasteiger partial charge in [-0.1, -0.05) is 5.16 Å². The van der Waals surface area contributed by atoms with Gasteiger partial charge >= 0.3 is 6.18 Å². The van der Waals surface area contributed by atoms with Crippen molar-refractivity contribution >= 4 is 5.91 Å². The van der Waals surface area contributed by atoms with Gasteiger partial charge in [-0.15, -0.1) is 0 Å². The van der Waals surface area contributed by atoms with E-state index in [1.807, 2.05) is 0 Å². The van der Waals surface area contributed by atoms with Gasteiger partial charge in [-0.25, -0.2) is 0 Å². The molecule has 1 aliphatic heterocycles.